The Kier molecular flexibility index (Phi) is 4.27. The third kappa shape index (κ3) is 3.38. The number of aryl methyl sites for hydroxylation is 1. The summed E-state index contributed by atoms with van der Waals surface area (Å²) in [5.41, 5.74) is 1.96. The van der Waals surface area contributed by atoms with Crippen molar-refractivity contribution in [1.29, 1.82) is 0 Å². The van der Waals surface area contributed by atoms with Gasteiger partial charge in [0.05, 0.1) is 5.56 Å². The van der Waals surface area contributed by atoms with Gasteiger partial charge in [0.15, 0.2) is 0 Å². The molecule has 1 N–H and O–H groups in total. The number of nitrogens with one attached hydrogen (secondary N) is 1. The normalized spacial score (nSPS) is 10.3. The molecule has 0 aliphatic heterocycles. The lowest BCUT2D eigenvalue weighted by Crippen LogP contribution is -2.24. The van der Waals surface area contributed by atoms with Gasteiger partial charge in [0, 0.05) is 23.4 Å². The van der Waals surface area contributed by atoms with Gasteiger partial charge in [-0.05, 0) is 42.3 Å². The molecule has 1 amide bonds. The zero-order valence-electron chi connectivity index (χ0n) is 10.3. The lowest BCUT2D eigenvalue weighted by atomic mass is 10.1. The Balaban J connectivity index is 2.10. The molecule has 0 aliphatic rings. The highest BCUT2D eigenvalue weighted by molar-refractivity contribution is 9.10. The highest BCUT2D eigenvalue weighted by atomic mass is 79.9. The highest BCUT2D eigenvalue weighted by Gasteiger charge is 2.12. The number of carbonyl (C=O) groups is 1. The molecule has 0 aliphatic carbocycles. The van der Waals surface area contributed by atoms with Crippen LogP contribution in [0.3, 0.4) is 0 Å². The summed E-state index contributed by atoms with van der Waals surface area (Å²) in [6.45, 7) is 2.26. The number of hydrogen-bond acceptors (Lipinski definition) is 2. The minimum absolute atomic E-state index is 0.0240. The number of benzene rings is 1. The van der Waals surface area contributed by atoms with Crippen molar-refractivity contribution in [2.75, 3.05) is 0 Å². The number of amides is 1. The van der Waals surface area contributed by atoms with Gasteiger partial charge in [-0.1, -0.05) is 15.9 Å². The van der Waals surface area contributed by atoms with Gasteiger partial charge < -0.3 is 5.32 Å². The number of pyridine rings is 1. The Labute approximate surface area is 119 Å². The van der Waals surface area contributed by atoms with Crippen LogP contribution in [0, 0.1) is 12.7 Å². The molecule has 0 atom stereocenters. The fourth-order valence-corrected chi connectivity index (χ4v) is 1.99. The summed E-state index contributed by atoms with van der Waals surface area (Å²) in [7, 11) is 0. The molecule has 5 heteroatoms. The number of rotatable bonds is 3. The zero-order valence-corrected chi connectivity index (χ0v) is 11.9. The standard InChI is InChI=1S/C14H12BrFN2O/c1-9-4-5-17-7-10(9)8-18-14(19)12-6-11(15)2-3-13(12)16/h2-7H,8H2,1H3,(H,18,19). The van der Waals surface area contributed by atoms with E-state index in [2.05, 4.69) is 26.2 Å². The molecule has 0 bridgehead atoms. The van der Waals surface area contributed by atoms with Crippen molar-refractivity contribution in [3.63, 3.8) is 0 Å². The number of carbonyl (C=O) groups excluding carboxylic acids is 1. The van der Waals surface area contributed by atoms with Gasteiger partial charge >= 0.3 is 0 Å². The van der Waals surface area contributed by atoms with Crippen LogP contribution in [0.15, 0.2) is 41.1 Å². The van der Waals surface area contributed by atoms with Crippen LogP contribution in [0.1, 0.15) is 21.5 Å². The molecule has 0 radical (unpaired) electrons. The molecule has 0 saturated carbocycles. The lowest BCUT2D eigenvalue weighted by molar-refractivity contribution is 0.0946. The maximum atomic E-state index is 13.5. The second kappa shape index (κ2) is 5.93. The van der Waals surface area contributed by atoms with E-state index in [1.807, 2.05) is 13.0 Å². The number of aromatic nitrogens is 1. The van der Waals surface area contributed by atoms with E-state index in [1.54, 1.807) is 18.5 Å². The maximum absolute atomic E-state index is 13.5. The molecule has 2 rings (SSSR count). The average molecular weight is 323 g/mol. The van der Waals surface area contributed by atoms with Gasteiger partial charge in [-0.2, -0.15) is 0 Å². The number of nitrogens with zero attached hydrogens (tertiary/aromatic N) is 1. The van der Waals surface area contributed by atoms with Crippen LogP contribution in [0.25, 0.3) is 0 Å². The van der Waals surface area contributed by atoms with E-state index >= 15 is 0 Å². The number of hydrogen-bond donors (Lipinski definition) is 1. The summed E-state index contributed by atoms with van der Waals surface area (Å²) >= 11 is 3.22. The summed E-state index contributed by atoms with van der Waals surface area (Å²) in [6.07, 6.45) is 3.38. The van der Waals surface area contributed by atoms with E-state index in [1.165, 1.54) is 12.1 Å². The van der Waals surface area contributed by atoms with Crippen LogP contribution in [-0.2, 0) is 6.54 Å². The zero-order chi connectivity index (χ0) is 13.8. The smallest absolute Gasteiger partial charge is 0.254 e. The molecule has 0 unspecified atom stereocenters. The molecule has 1 aromatic carbocycles. The quantitative estimate of drug-likeness (QED) is 0.942. The van der Waals surface area contributed by atoms with Gasteiger partial charge in [0.1, 0.15) is 5.82 Å². The molecule has 2 aromatic rings. The molecule has 1 aromatic heterocycles. The minimum atomic E-state index is -0.538. The van der Waals surface area contributed by atoms with Gasteiger partial charge in [-0.3, -0.25) is 9.78 Å². The Morgan fingerprint density at radius 3 is 2.95 bits per heavy atom. The lowest BCUT2D eigenvalue weighted by Gasteiger charge is -2.08. The SMILES string of the molecule is Cc1ccncc1CNC(=O)c1cc(Br)ccc1F. The first-order valence-electron chi connectivity index (χ1n) is 5.70. The molecule has 0 fully saturated rings. The monoisotopic (exact) mass is 322 g/mol. The van der Waals surface area contributed by atoms with E-state index in [9.17, 15) is 9.18 Å². The Morgan fingerprint density at radius 2 is 2.21 bits per heavy atom. The average Bonchev–Trinajstić information content (AvgIpc) is 2.40. The van der Waals surface area contributed by atoms with Crippen LogP contribution in [0.2, 0.25) is 0 Å². The Bertz CT molecular complexity index is 616. The molecular weight excluding hydrogens is 311 g/mol. The summed E-state index contributed by atoms with van der Waals surface area (Å²) in [6, 6.07) is 6.13. The predicted octanol–water partition coefficient (Wildman–Crippen LogP) is 3.22. The van der Waals surface area contributed by atoms with Crippen molar-refractivity contribution < 1.29 is 9.18 Å². The van der Waals surface area contributed by atoms with E-state index < -0.39 is 11.7 Å². The van der Waals surface area contributed by atoms with Crippen molar-refractivity contribution in [3.05, 3.63) is 63.6 Å². The van der Waals surface area contributed by atoms with E-state index in [-0.39, 0.29) is 5.56 Å². The summed E-state index contributed by atoms with van der Waals surface area (Å²) in [5, 5.41) is 2.68. The predicted molar refractivity (Wildman–Crippen MR) is 74.2 cm³/mol. The van der Waals surface area contributed by atoms with Crippen LogP contribution in [-0.4, -0.2) is 10.9 Å². The molecule has 0 saturated heterocycles. The molecule has 1 heterocycles. The van der Waals surface area contributed by atoms with E-state index in [0.29, 0.717) is 11.0 Å². The molecule has 98 valence electrons. The molecule has 3 nitrogen and oxygen atoms in total. The van der Waals surface area contributed by atoms with E-state index in [4.69, 9.17) is 0 Å². The fraction of sp³-hybridized carbons (Fsp3) is 0.143. The highest BCUT2D eigenvalue weighted by Crippen LogP contribution is 2.15. The first-order valence-corrected chi connectivity index (χ1v) is 6.50. The van der Waals surface area contributed by atoms with Crippen molar-refractivity contribution in [2.45, 2.75) is 13.5 Å². The Hall–Kier alpha value is -1.75. The maximum Gasteiger partial charge on any atom is 0.254 e. The first-order chi connectivity index (χ1) is 9.08. The van der Waals surface area contributed by atoms with Crippen molar-refractivity contribution >= 4 is 21.8 Å². The van der Waals surface area contributed by atoms with Crippen LogP contribution < -0.4 is 5.32 Å². The first kappa shape index (κ1) is 13.7. The van der Waals surface area contributed by atoms with Gasteiger partial charge in [0.2, 0.25) is 0 Å². The third-order valence-corrected chi connectivity index (χ3v) is 3.25. The van der Waals surface area contributed by atoms with Crippen molar-refractivity contribution in [1.82, 2.24) is 10.3 Å². The summed E-state index contributed by atoms with van der Waals surface area (Å²) < 4.78 is 14.2. The van der Waals surface area contributed by atoms with Gasteiger partial charge in [0.25, 0.3) is 5.91 Å². The molecular formula is C14H12BrFN2O. The number of halogens is 2. The van der Waals surface area contributed by atoms with Gasteiger partial charge in [-0.25, -0.2) is 4.39 Å². The fourth-order valence-electron chi connectivity index (χ4n) is 1.62. The second-order valence-electron chi connectivity index (χ2n) is 4.11. The summed E-state index contributed by atoms with van der Waals surface area (Å²) in [4.78, 5) is 15.9. The van der Waals surface area contributed by atoms with Crippen LogP contribution in [0.5, 0.6) is 0 Å². The van der Waals surface area contributed by atoms with E-state index in [0.717, 1.165) is 11.1 Å². The molecule has 19 heavy (non-hydrogen) atoms. The molecule has 0 spiro atoms. The Morgan fingerprint density at radius 1 is 1.42 bits per heavy atom. The minimum Gasteiger partial charge on any atom is -0.348 e. The largest absolute Gasteiger partial charge is 0.348 e. The van der Waals surface area contributed by atoms with Gasteiger partial charge in [-0.15, -0.1) is 0 Å². The second-order valence-corrected chi connectivity index (χ2v) is 5.02. The van der Waals surface area contributed by atoms with Crippen LogP contribution >= 0.6 is 15.9 Å². The third-order valence-electron chi connectivity index (χ3n) is 2.76. The topological polar surface area (TPSA) is 42.0 Å². The van der Waals surface area contributed by atoms with Crippen LogP contribution in [0.4, 0.5) is 4.39 Å². The van der Waals surface area contributed by atoms with Crippen molar-refractivity contribution in [3.8, 4) is 0 Å². The van der Waals surface area contributed by atoms with Crippen molar-refractivity contribution in [2.24, 2.45) is 0 Å². The summed E-state index contributed by atoms with van der Waals surface area (Å²) in [5.74, 6) is -0.981.